The van der Waals surface area contributed by atoms with Gasteiger partial charge in [-0.3, -0.25) is 14.4 Å². The molecule has 1 aromatic heterocycles. The van der Waals surface area contributed by atoms with Crippen molar-refractivity contribution < 1.29 is 38.1 Å². The van der Waals surface area contributed by atoms with Gasteiger partial charge in [0.05, 0.1) is 39.3 Å². The van der Waals surface area contributed by atoms with Crippen molar-refractivity contribution in [2.45, 2.75) is 51.9 Å². The maximum Gasteiger partial charge on any atom is 0.341 e. The zero-order valence-corrected chi connectivity index (χ0v) is 33.8. The number of nitrogens with one attached hydrogen (secondary N) is 3. The van der Waals surface area contributed by atoms with E-state index in [9.17, 15) is 19.2 Å². The maximum atomic E-state index is 13.8. The number of hydrogen-bond donors (Lipinski definition) is 3. The molecule has 1 heterocycles. The summed E-state index contributed by atoms with van der Waals surface area (Å²) in [5, 5.41) is 9.11. The van der Waals surface area contributed by atoms with E-state index in [4.69, 9.17) is 18.9 Å². The van der Waals surface area contributed by atoms with E-state index in [0.717, 1.165) is 34.6 Å². The van der Waals surface area contributed by atoms with Gasteiger partial charge >= 0.3 is 5.97 Å². The molecular formula is C42H47N3O8S2. The van der Waals surface area contributed by atoms with Crippen LogP contribution in [0, 0.1) is 11.3 Å². The van der Waals surface area contributed by atoms with Crippen molar-refractivity contribution in [3.8, 4) is 17.2 Å². The Balaban J connectivity index is 1.33. The Morgan fingerprint density at radius 3 is 2.27 bits per heavy atom. The SMILES string of the molecule is CCOC(=O)c1c(NC(=O)CSc2cccc(NC(=O)/C(=C\c3cc(OC)c(OC)cc3OC)NC(=O)c3ccccc3)c2)sc2c1CCC(C(C)(C)C)C2. The summed E-state index contributed by atoms with van der Waals surface area (Å²) in [6, 6.07) is 18.9. The van der Waals surface area contributed by atoms with Gasteiger partial charge in [-0.05, 0) is 85.6 Å². The summed E-state index contributed by atoms with van der Waals surface area (Å²) in [5.41, 5.74) is 2.79. The van der Waals surface area contributed by atoms with Crippen LogP contribution in [0.1, 0.15) is 70.8 Å². The largest absolute Gasteiger partial charge is 0.496 e. The van der Waals surface area contributed by atoms with Gasteiger partial charge in [-0.25, -0.2) is 4.79 Å². The quantitative estimate of drug-likeness (QED) is 0.0655. The number of carbonyl (C=O) groups excluding carboxylic acids is 4. The Hall–Kier alpha value is -5.27. The predicted molar refractivity (Wildman–Crippen MR) is 218 cm³/mol. The summed E-state index contributed by atoms with van der Waals surface area (Å²) in [4.78, 5) is 55.3. The maximum absolute atomic E-state index is 13.8. The number of methoxy groups -OCH3 is 3. The lowest BCUT2D eigenvalue weighted by molar-refractivity contribution is -0.114. The molecule has 5 rings (SSSR count). The van der Waals surface area contributed by atoms with Gasteiger partial charge in [0.2, 0.25) is 5.91 Å². The lowest BCUT2D eigenvalue weighted by Crippen LogP contribution is -2.30. The number of thioether (sulfide) groups is 1. The third kappa shape index (κ3) is 10.3. The smallest absolute Gasteiger partial charge is 0.341 e. The van der Waals surface area contributed by atoms with Crippen LogP contribution < -0.4 is 30.2 Å². The highest BCUT2D eigenvalue weighted by atomic mass is 32.2. The van der Waals surface area contributed by atoms with Crippen LogP contribution in [0.4, 0.5) is 10.7 Å². The fourth-order valence-corrected chi connectivity index (χ4v) is 8.36. The molecule has 0 saturated heterocycles. The molecule has 3 amide bonds. The zero-order valence-electron chi connectivity index (χ0n) is 32.1. The minimum atomic E-state index is -0.595. The number of fused-ring (bicyclic) bond motifs is 1. The van der Waals surface area contributed by atoms with Gasteiger partial charge in [0.1, 0.15) is 16.4 Å². The molecule has 0 saturated carbocycles. The molecule has 0 spiro atoms. The van der Waals surface area contributed by atoms with Crippen LogP contribution in [0.2, 0.25) is 0 Å². The molecule has 3 N–H and O–H groups in total. The third-order valence-electron chi connectivity index (χ3n) is 9.25. The molecule has 13 heteroatoms. The number of amides is 3. The average Bonchev–Trinajstić information content (AvgIpc) is 3.53. The molecule has 1 atom stereocenters. The van der Waals surface area contributed by atoms with Crippen molar-refractivity contribution >= 4 is 63.6 Å². The molecule has 290 valence electrons. The van der Waals surface area contributed by atoms with Gasteiger partial charge in [0, 0.05) is 32.7 Å². The first-order valence-electron chi connectivity index (χ1n) is 17.9. The highest BCUT2D eigenvalue weighted by molar-refractivity contribution is 8.00. The Labute approximate surface area is 330 Å². The average molecular weight is 786 g/mol. The second-order valence-corrected chi connectivity index (χ2v) is 16.0. The molecule has 4 aromatic rings. The lowest BCUT2D eigenvalue weighted by Gasteiger charge is -2.33. The molecule has 0 aliphatic heterocycles. The van der Waals surface area contributed by atoms with Crippen molar-refractivity contribution in [2.24, 2.45) is 11.3 Å². The molecule has 1 aliphatic carbocycles. The number of thiophene rings is 1. The summed E-state index contributed by atoms with van der Waals surface area (Å²) in [7, 11) is 4.48. The lowest BCUT2D eigenvalue weighted by atomic mass is 9.72. The monoisotopic (exact) mass is 785 g/mol. The van der Waals surface area contributed by atoms with E-state index >= 15 is 0 Å². The van der Waals surface area contributed by atoms with Gasteiger partial charge < -0.3 is 34.9 Å². The molecule has 11 nitrogen and oxygen atoms in total. The molecule has 0 radical (unpaired) electrons. The van der Waals surface area contributed by atoms with Crippen molar-refractivity contribution in [2.75, 3.05) is 44.3 Å². The summed E-state index contributed by atoms with van der Waals surface area (Å²) in [6.07, 6.45) is 4.08. The van der Waals surface area contributed by atoms with Crippen molar-refractivity contribution in [3.63, 3.8) is 0 Å². The second kappa shape index (κ2) is 18.4. The number of hydrogen-bond acceptors (Lipinski definition) is 10. The van der Waals surface area contributed by atoms with E-state index in [2.05, 4.69) is 36.7 Å². The Morgan fingerprint density at radius 2 is 1.60 bits per heavy atom. The number of rotatable bonds is 14. The molecule has 0 fully saturated rings. The van der Waals surface area contributed by atoms with Crippen LogP contribution in [-0.4, -0.2) is 57.4 Å². The van der Waals surface area contributed by atoms with E-state index in [1.165, 1.54) is 50.5 Å². The third-order valence-corrected chi connectivity index (χ3v) is 11.4. The van der Waals surface area contributed by atoms with Crippen LogP contribution in [0.25, 0.3) is 6.08 Å². The van der Waals surface area contributed by atoms with Gasteiger partial charge in [-0.1, -0.05) is 45.0 Å². The minimum Gasteiger partial charge on any atom is -0.496 e. The van der Waals surface area contributed by atoms with Crippen LogP contribution in [-0.2, 0) is 27.2 Å². The first kappa shape index (κ1) is 40.9. The summed E-state index contributed by atoms with van der Waals surface area (Å²) in [5.74, 6) is -0.00613. The summed E-state index contributed by atoms with van der Waals surface area (Å²) >= 11 is 2.74. The predicted octanol–water partition coefficient (Wildman–Crippen LogP) is 8.24. The van der Waals surface area contributed by atoms with Gasteiger partial charge in [0.25, 0.3) is 11.8 Å². The minimum absolute atomic E-state index is 0.0540. The number of carbonyl (C=O) groups is 4. The van der Waals surface area contributed by atoms with Crippen molar-refractivity contribution in [1.29, 1.82) is 0 Å². The van der Waals surface area contributed by atoms with Crippen LogP contribution in [0.5, 0.6) is 17.2 Å². The van der Waals surface area contributed by atoms with E-state index in [0.29, 0.717) is 50.5 Å². The Kier molecular flexibility index (Phi) is 13.7. The van der Waals surface area contributed by atoms with E-state index in [1.807, 2.05) is 6.07 Å². The highest BCUT2D eigenvalue weighted by Gasteiger charge is 2.34. The molecule has 1 aliphatic rings. The van der Waals surface area contributed by atoms with E-state index in [1.54, 1.807) is 67.6 Å². The van der Waals surface area contributed by atoms with Crippen LogP contribution in [0.3, 0.4) is 0 Å². The van der Waals surface area contributed by atoms with Crippen molar-refractivity contribution in [1.82, 2.24) is 5.32 Å². The van der Waals surface area contributed by atoms with Crippen LogP contribution in [0.15, 0.2) is 77.3 Å². The second-order valence-electron chi connectivity index (χ2n) is 13.9. The Bertz CT molecular complexity index is 2070. The molecule has 0 bridgehead atoms. The number of ether oxygens (including phenoxy) is 4. The first-order chi connectivity index (χ1) is 26.3. The first-order valence-corrected chi connectivity index (χ1v) is 19.7. The number of anilines is 2. The van der Waals surface area contributed by atoms with E-state index < -0.39 is 17.8 Å². The van der Waals surface area contributed by atoms with Gasteiger partial charge in [0.15, 0.2) is 11.5 Å². The number of esters is 1. The normalized spacial score (nSPS) is 13.9. The molecular weight excluding hydrogens is 739 g/mol. The fraction of sp³-hybridized carbons (Fsp3) is 0.333. The van der Waals surface area contributed by atoms with Crippen molar-refractivity contribution in [3.05, 3.63) is 99.6 Å². The van der Waals surface area contributed by atoms with Gasteiger partial charge in [-0.2, -0.15) is 0 Å². The topological polar surface area (TPSA) is 141 Å². The molecule has 1 unspecified atom stereocenters. The zero-order chi connectivity index (χ0) is 39.7. The van der Waals surface area contributed by atoms with E-state index in [-0.39, 0.29) is 29.4 Å². The highest BCUT2D eigenvalue weighted by Crippen LogP contribution is 2.44. The van der Waals surface area contributed by atoms with Gasteiger partial charge in [-0.15, -0.1) is 23.1 Å². The van der Waals surface area contributed by atoms with Crippen LogP contribution >= 0.6 is 23.1 Å². The Morgan fingerprint density at radius 1 is 0.891 bits per heavy atom. The standard InChI is InChI=1S/C42H47N3O8S2/c1-8-53-41(49)37-30-18-17-27(42(2,3)4)21-35(30)55-40(37)45-36(46)24-54-29-16-12-15-28(22-29)43-39(48)31(44-38(47)25-13-10-9-11-14-25)19-26-20-33(51-6)34(52-7)23-32(26)50-5/h9-16,19-20,22-23,27H,8,17-18,21,24H2,1-7H3,(H,43,48)(H,44,47)(H,45,46)/b31-19+. The molecule has 55 heavy (non-hydrogen) atoms. The number of benzene rings is 3. The fourth-order valence-electron chi connectivity index (χ4n) is 6.27. The summed E-state index contributed by atoms with van der Waals surface area (Å²) in [6.45, 7) is 8.72. The molecule has 3 aromatic carbocycles. The summed E-state index contributed by atoms with van der Waals surface area (Å²) < 4.78 is 21.8.